The van der Waals surface area contributed by atoms with Gasteiger partial charge < -0.3 is 4.90 Å². The molecule has 2 saturated heterocycles. The second-order valence-corrected chi connectivity index (χ2v) is 12.6. The summed E-state index contributed by atoms with van der Waals surface area (Å²) in [5.74, 6) is 1.01. The molecule has 3 aromatic rings. The molecule has 2 aliphatic rings. The minimum atomic E-state index is -3.37. The summed E-state index contributed by atoms with van der Waals surface area (Å²) in [4.78, 5) is 30.0. The highest BCUT2D eigenvalue weighted by atomic mass is 32.2. The van der Waals surface area contributed by atoms with Gasteiger partial charge in [-0.15, -0.1) is 5.10 Å². The van der Waals surface area contributed by atoms with E-state index in [1.807, 2.05) is 0 Å². The minimum absolute atomic E-state index is 0.197. The molecule has 2 fully saturated rings. The first kappa shape index (κ1) is 24.7. The van der Waals surface area contributed by atoms with E-state index in [4.69, 9.17) is 0 Å². The Bertz CT molecular complexity index is 1430. The zero-order chi connectivity index (χ0) is 25.6. The zero-order valence-electron chi connectivity index (χ0n) is 20.9. The first-order valence-electron chi connectivity index (χ1n) is 12.6. The van der Waals surface area contributed by atoms with Crippen molar-refractivity contribution in [3.05, 3.63) is 46.1 Å². The first-order valence-corrected chi connectivity index (χ1v) is 14.1. The van der Waals surface area contributed by atoms with E-state index in [1.54, 1.807) is 34.5 Å². The average molecular weight is 516 g/mol. The van der Waals surface area contributed by atoms with Crippen molar-refractivity contribution in [3.8, 4) is 5.95 Å². The number of aromatic amines is 1. The van der Waals surface area contributed by atoms with Crippen molar-refractivity contribution in [2.75, 3.05) is 26.2 Å². The third kappa shape index (κ3) is 4.47. The molecule has 1 N–H and O–H groups in total. The highest BCUT2D eigenvalue weighted by Crippen LogP contribution is 2.30. The lowest BCUT2D eigenvalue weighted by molar-refractivity contribution is 0.0724. The van der Waals surface area contributed by atoms with Gasteiger partial charge in [-0.25, -0.2) is 21.9 Å². The molecule has 0 aromatic carbocycles. The van der Waals surface area contributed by atoms with Gasteiger partial charge in [0.05, 0.1) is 22.7 Å². The number of amides is 1. The molecule has 1 unspecified atom stereocenters. The van der Waals surface area contributed by atoms with Gasteiger partial charge in [0.15, 0.2) is 0 Å². The number of nitrogens with zero attached hydrogens (tertiary/aromatic N) is 6. The summed E-state index contributed by atoms with van der Waals surface area (Å²) in [7, 11) is -3.37. The van der Waals surface area contributed by atoms with Crippen molar-refractivity contribution in [2.24, 2.45) is 11.8 Å². The molecule has 194 valence electrons. The number of hydrogen-bond donors (Lipinski definition) is 1. The summed E-state index contributed by atoms with van der Waals surface area (Å²) in [5, 5.41) is 8.21. The Morgan fingerprint density at radius 3 is 2.67 bits per heavy atom. The van der Waals surface area contributed by atoms with Crippen molar-refractivity contribution in [2.45, 2.75) is 51.7 Å². The molecular weight excluding hydrogens is 482 g/mol. The Balaban J connectivity index is 1.25. The lowest BCUT2D eigenvalue weighted by Crippen LogP contribution is -2.46. The summed E-state index contributed by atoms with van der Waals surface area (Å²) in [6.45, 7) is 8.06. The average Bonchev–Trinajstić information content (AvgIpc) is 3.58. The molecule has 0 aliphatic carbocycles. The smallest absolute Gasteiger partial charge is 0.276 e. The molecule has 12 heteroatoms. The lowest BCUT2D eigenvalue weighted by Gasteiger charge is -2.33. The van der Waals surface area contributed by atoms with E-state index in [2.05, 4.69) is 29.0 Å². The van der Waals surface area contributed by atoms with E-state index in [-0.39, 0.29) is 17.4 Å². The summed E-state index contributed by atoms with van der Waals surface area (Å²) in [6.07, 6.45) is 5.96. The van der Waals surface area contributed by atoms with Gasteiger partial charge in [0.25, 0.3) is 11.5 Å². The summed E-state index contributed by atoms with van der Waals surface area (Å²) in [6, 6.07) is 3.39. The fraction of sp³-hybridized carbons (Fsp3) is 0.583. The van der Waals surface area contributed by atoms with Crippen molar-refractivity contribution in [1.82, 2.24) is 33.6 Å². The molecule has 5 heterocycles. The minimum Gasteiger partial charge on any atom is -0.338 e. The predicted octanol–water partition coefficient (Wildman–Crippen LogP) is 1.82. The fourth-order valence-corrected chi connectivity index (χ4v) is 7.49. The summed E-state index contributed by atoms with van der Waals surface area (Å²) >= 11 is 0. The van der Waals surface area contributed by atoms with E-state index in [0.717, 1.165) is 12.8 Å². The monoisotopic (exact) mass is 515 g/mol. The molecule has 36 heavy (non-hydrogen) atoms. The van der Waals surface area contributed by atoms with Crippen LogP contribution in [0.25, 0.3) is 11.5 Å². The van der Waals surface area contributed by atoms with Gasteiger partial charge in [-0.2, -0.15) is 5.10 Å². The van der Waals surface area contributed by atoms with Crippen LogP contribution in [0.2, 0.25) is 0 Å². The van der Waals surface area contributed by atoms with Gasteiger partial charge in [-0.1, -0.05) is 13.8 Å². The van der Waals surface area contributed by atoms with Crippen LogP contribution in [0.4, 0.5) is 0 Å². The van der Waals surface area contributed by atoms with Gasteiger partial charge in [0, 0.05) is 32.4 Å². The maximum Gasteiger partial charge on any atom is 0.276 e. The molecule has 1 amide bonds. The Hall–Kier alpha value is -2.99. The number of hydrogen-bond acceptors (Lipinski definition) is 6. The summed E-state index contributed by atoms with van der Waals surface area (Å²) in [5.41, 5.74) is 1.08. The number of aromatic nitrogens is 5. The number of sulfonamides is 1. The molecule has 0 bridgehead atoms. The molecule has 11 nitrogen and oxygen atoms in total. The zero-order valence-corrected chi connectivity index (χ0v) is 21.7. The van der Waals surface area contributed by atoms with E-state index in [1.165, 1.54) is 15.4 Å². The maximum atomic E-state index is 13.3. The van der Waals surface area contributed by atoms with Crippen molar-refractivity contribution < 1.29 is 13.2 Å². The topological polar surface area (TPSA) is 126 Å². The number of H-pyrrole nitrogens is 1. The number of piperidine rings is 1. The van der Waals surface area contributed by atoms with Crippen LogP contribution in [-0.2, 0) is 10.0 Å². The standard InChI is InChI=1S/C24H33N7O4S/c1-16(2)13-18-6-12-29(15-18)36(34,35)19-7-10-28(11-8-19)23(33)20-14-25-31(17(20)3)24-26-22(32)21-5-4-9-30(21)27-24/h4-5,9,14,16,18-19H,6-8,10-13,15H2,1-3H3,(H,26,27,32). The third-order valence-corrected chi connectivity index (χ3v) is 9.76. The Kier molecular flexibility index (Phi) is 6.50. The molecule has 3 aromatic heterocycles. The van der Waals surface area contributed by atoms with Crippen LogP contribution in [0.3, 0.4) is 0 Å². The van der Waals surface area contributed by atoms with Crippen LogP contribution in [0, 0.1) is 18.8 Å². The molecule has 1 atom stereocenters. The van der Waals surface area contributed by atoms with Crippen LogP contribution in [-0.4, -0.2) is 79.3 Å². The van der Waals surface area contributed by atoms with Gasteiger partial charge >= 0.3 is 0 Å². The number of fused-ring (bicyclic) bond motifs is 1. The van der Waals surface area contributed by atoms with Crippen LogP contribution in [0.15, 0.2) is 29.3 Å². The maximum absolute atomic E-state index is 13.3. The van der Waals surface area contributed by atoms with E-state index < -0.39 is 15.3 Å². The van der Waals surface area contributed by atoms with Crippen molar-refractivity contribution in [1.29, 1.82) is 0 Å². The molecule has 0 radical (unpaired) electrons. The number of carbonyl (C=O) groups is 1. The molecule has 5 rings (SSSR count). The van der Waals surface area contributed by atoms with Crippen LogP contribution < -0.4 is 5.56 Å². The van der Waals surface area contributed by atoms with E-state index in [0.29, 0.717) is 67.6 Å². The number of rotatable bonds is 6. The Labute approximate surface area is 210 Å². The highest BCUT2D eigenvalue weighted by Gasteiger charge is 2.39. The van der Waals surface area contributed by atoms with Crippen molar-refractivity contribution >= 4 is 21.4 Å². The van der Waals surface area contributed by atoms with Crippen LogP contribution >= 0.6 is 0 Å². The normalized spacial score (nSPS) is 20.1. The SMILES string of the molecule is Cc1c(C(=O)N2CCC(S(=O)(=O)N3CCC(CC(C)C)C3)CC2)cnn1-c1nn2cccc2c(=O)[nH]1. The second kappa shape index (κ2) is 9.47. The van der Waals surface area contributed by atoms with Gasteiger partial charge in [0.2, 0.25) is 16.0 Å². The van der Waals surface area contributed by atoms with E-state index >= 15 is 0 Å². The van der Waals surface area contributed by atoms with Crippen LogP contribution in [0.5, 0.6) is 0 Å². The molecular formula is C24H33N7O4S. The van der Waals surface area contributed by atoms with E-state index in [9.17, 15) is 18.0 Å². The number of nitrogens with one attached hydrogen (secondary N) is 1. The van der Waals surface area contributed by atoms with Crippen LogP contribution in [0.1, 0.15) is 55.6 Å². The van der Waals surface area contributed by atoms with Gasteiger partial charge in [-0.05, 0) is 56.6 Å². The quantitative estimate of drug-likeness (QED) is 0.534. The van der Waals surface area contributed by atoms with Gasteiger partial charge in [0.1, 0.15) is 5.52 Å². The van der Waals surface area contributed by atoms with Gasteiger partial charge in [-0.3, -0.25) is 14.6 Å². The Morgan fingerprint density at radius 1 is 1.19 bits per heavy atom. The highest BCUT2D eigenvalue weighted by molar-refractivity contribution is 7.89. The largest absolute Gasteiger partial charge is 0.338 e. The first-order chi connectivity index (χ1) is 17.1. The van der Waals surface area contributed by atoms with Crippen molar-refractivity contribution in [3.63, 3.8) is 0 Å². The number of carbonyl (C=O) groups excluding carboxylic acids is 1. The molecule has 0 saturated carbocycles. The third-order valence-electron chi connectivity index (χ3n) is 7.39. The lowest BCUT2D eigenvalue weighted by atomic mass is 9.97. The number of likely N-dealkylation sites (tertiary alicyclic amines) is 1. The summed E-state index contributed by atoms with van der Waals surface area (Å²) < 4.78 is 31.1. The fourth-order valence-electron chi connectivity index (χ4n) is 5.49. The predicted molar refractivity (Wildman–Crippen MR) is 135 cm³/mol. The molecule has 0 spiro atoms. The molecule has 2 aliphatic heterocycles. The second-order valence-electron chi connectivity index (χ2n) is 10.3. The Morgan fingerprint density at radius 2 is 1.94 bits per heavy atom.